The van der Waals surface area contributed by atoms with E-state index in [0.717, 1.165) is 67.4 Å². The Labute approximate surface area is 292 Å². The highest BCUT2D eigenvalue weighted by Crippen LogP contribution is 2.56. The zero-order chi connectivity index (χ0) is 33.3. The average Bonchev–Trinajstić information content (AvgIpc) is 3.21. The SMILES string of the molecule is c1ccc(-c2cccc(-c3cc(-c4ccccc4)nc(-c4ccccc4C4(c5ccccc5)c5ccccc5Oc5ccccc54)n3)c2)cc1. The first-order valence-corrected chi connectivity index (χ1v) is 16.9. The summed E-state index contributed by atoms with van der Waals surface area (Å²) in [5.41, 5.74) is 10.7. The highest BCUT2D eigenvalue weighted by atomic mass is 16.5. The molecule has 0 amide bonds. The lowest BCUT2D eigenvalue weighted by Crippen LogP contribution is -2.34. The summed E-state index contributed by atoms with van der Waals surface area (Å²) < 4.78 is 6.59. The Hall–Kier alpha value is -6.58. The van der Waals surface area contributed by atoms with Crippen molar-refractivity contribution in [3.05, 3.63) is 216 Å². The molecule has 9 rings (SSSR count). The number of hydrogen-bond acceptors (Lipinski definition) is 3. The lowest BCUT2D eigenvalue weighted by atomic mass is 9.62. The van der Waals surface area contributed by atoms with Gasteiger partial charge in [0.15, 0.2) is 5.82 Å². The molecule has 7 aromatic carbocycles. The normalized spacial score (nSPS) is 12.7. The number of benzene rings is 7. The van der Waals surface area contributed by atoms with Crippen molar-refractivity contribution in [3.8, 4) is 56.5 Å². The van der Waals surface area contributed by atoms with Gasteiger partial charge in [-0.2, -0.15) is 0 Å². The van der Waals surface area contributed by atoms with E-state index in [0.29, 0.717) is 5.82 Å². The van der Waals surface area contributed by atoms with Crippen LogP contribution in [0.15, 0.2) is 194 Å². The minimum absolute atomic E-state index is 0.666. The molecule has 0 atom stereocenters. The molecule has 0 fully saturated rings. The molecule has 0 aliphatic carbocycles. The second-order valence-corrected chi connectivity index (χ2v) is 12.5. The van der Waals surface area contributed by atoms with Crippen molar-refractivity contribution in [2.45, 2.75) is 5.41 Å². The first kappa shape index (κ1) is 29.6. The third-order valence-corrected chi connectivity index (χ3v) is 9.64. The maximum Gasteiger partial charge on any atom is 0.160 e. The van der Waals surface area contributed by atoms with Gasteiger partial charge in [-0.15, -0.1) is 0 Å². The molecule has 0 unspecified atom stereocenters. The second kappa shape index (κ2) is 12.5. The number of aromatic nitrogens is 2. The molecule has 0 N–H and O–H groups in total. The average molecular weight is 641 g/mol. The molecule has 1 aliphatic rings. The molecule has 2 heterocycles. The summed E-state index contributed by atoms with van der Waals surface area (Å²) in [5.74, 6) is 2.34. The summed E-state index contributed by atoms with van der Waals surface area (Å²) >= 11 is 0. The predicted molar refractivity (Wildman–Crippen MR) is 202 cm³/mol. The molecule has 0 spiro atoms. The Morgan fingerprint density at radius 2 is 0.840 bits per heavy atom. The zero-order valence-electron chi connectivity index (χ0n) is 27.3. The van der Waals surface area contributed by atoms with E-state index in [9.17, 15) is 0 Å². The van der Waals surface area contributed by atoms with Crippen LogP contribution < -0.4 is 4.74 Å². The molecule has 3 nitrogen and oxygen atoms in total. The first-order valence-electron chi connectivity index (χ1n) is 16.9. The molecule has 0 bridgehead atoms. The monoisotopic (exact) mass is 640 g/mol. The summed E-state index contributed by atoms with van der Waals surface area (Å²) in [6, 6.07) is 67.7. The van der Waals surface area contributed by atoms with Crippen LogP contribution in [0.5, 0.6) is 11.5 Å². The topological polar surface area (TPSA) is 35.0 Å². The van der Waals surface area contributed by atoms with Crippen molar-refractivity contribution in [3.63, 3.8) is 0 Å². The van der Waals surface area contributed by atoms with Crippen LogP contribution in [0.4, 0.5) is 0 Å². The third-order valence-electron chi connectivity index (χ3n) is 9.64. The van der Waals surface area contributed by atoms with Crippen LogP contribution in [0.25, 0.3) is 45.0 Å². The summed E-state index contributed by atoms with van der Waals surface area (Å²) in [5, 5.41) is 0. The molecular weight excluding hydrogens is 609 g/mol. The van der Waals surface area contributed by atoms with Gasteiger partial charge in [0.25, 0.3) is 0 Å². The van der Waals surface area contributed by atoms with Gasteiger partial charge in [0.2, 0.25) is 0 Å². The van der Waals surface area contributed by atoms with Crippen LogP contribution in [0.1, 0.15) is 22.3 Å². The Balaban J connectivity index is 1.33. The summed E-state index contributed by atoms with van der Waals surface area (Å²) in [7, 11) is 0. The van der Waals surface area contributed by atoms with Gasteiger partial charge in [-0.05, 0) is 46.5 Å². The third kappa shape index (κ3) is 4.99. The molecule has 3 heteroatoms. The van der Waals surface area contributed by atoms with Crippen molar-refractivity contribution in [1.29, 1.82) is 0 Å². The van der Waals surface area contributed by atoms with Crippen LogP contribution in [0, 0.1) is 0 Å². The van der Waals surface area contributed by atoms with Crippen LogP contribution >= 0.6 is 0 Å². The van der Waals surface area contributed by atoms with Gasteiger partial charge in [-0.3, -0.25) is 0 Å². The number of ether oxygens (including phenoxy) is 1. The van der Waals surface area contributed by atoms with Crippen molar-refractivity contribution in [2.75, 3.05) is 0 Å². The molecule has 50 heavy (non-hydrogen) atoms. The Kier molecular flexibility index (Phi) is 7.37. The molecule has 8 aromatic rings. The van der Waals surface area contributed by atoms with Gasteiger partial charge >= 0.3 is 0 Å². The van der Waals surface area contributed by atoms with Crippen molar-refractivity contribution in [1.82, 2.24) is 9.97 Å². The van der Waals surface area contributed by atoms with E-state index in [1.165, 1.54) is 5.56 Å². The fourth-order valence-electron chi connectivity index (χ4n) is 7.41. The van der Waals surface area contributed by atoms with E-state index in [1.54, 1.807) is 0 Å². The van der Waals surface area contributed by atoms with Crippen LogP contribution in [0.2, 0.25) is 0 Å². The number of para-hydroxylation sites is 2. The predicted octanol–water partition coefficient (Wildman–Crippen LogP) is 11.6. The highest BCUT2D eigenvalue weighted by Gasteiger charge is 2.46. The van der Waals surface area contributed by atoms with Gasteiger partial charge in [-0.1, -0.05) is 170 Å². The van der Waals surface area contributed by atoms with E-state index in [2.05, 4.69) is 170 Å². The van der Waals surface area contributed by atoms with E-state index in [-0.39, 0.29) is 0 Å². The van der Waals surface area contributed by atoms with Gasteiger partial charge in [0.1, 0.15) is 11.5 Å². The molecule has 236 valence electrons. The highest BCUT2D eigenvalue weighted by molar-refractivity contribution is 5.79. The maximum absolute atomic E-state index is 6.59. The molecule has 0 radical (unpaired) electrons. The van der Waals surface area contributed by atoms with Gasteiger partial charge in [-0.25, -0.2) is 9.97 Å². The molecular formula is C47H32N2O. The Morgan fingerprint density at radius 3 is 1.50 bits per heavy atom. The summed E-state index contributed by atoms with van der Waals surface area (Å²) in [6.45, 7) is 0. The van der Waals surface area contributed by atoms with Gasteiger partial charge in [0, 0.05) is 27.8 Å². The van der Waals surface area contributed by atoms with E-state index >= 15 is 0 Å². The lowest BCUT2D eigenvalue weighted by Gasteiger charge is -2.42. The zero-order valence-corrected chi connectivity index (χ0v) is 27.3. The van der Waals surface area contributed by atoms with Crippen LogP contribution in [-0.2, 0) is 5.41 Å². The molecule has 0 saturated heterocycles. The number of hydrogen-bond donors (Lipinski definition) is 0. The molecule has 1 aliphatic heterocycles. The Morgan fingerprint density at radius 1 is 0.360 bits per heavy atom. The number of rotatable bonds is 6. The standard InChI is InChI=1S/C47H32N2O/c1-4-17-33(18-5-1)35-21-16-22-36(31-35)43-32-42(34-19-6-2-7-20-34)48-46(49-43)38-25-10-11-26-39(38)47(37-23-8-3-9-24-37)40-27-12-14-29-44(40)50-45-30-15-13-28-41(45)47/h1-32H. The quantitative estimate of drug-likeness (QED) is 0.181. The largest absolute Gasteiger partial charge is 0.457 e. The first-order chi connectivity index (χ1) is 24.8. The van der Waals surface area contributed by atoms with Crippen LogP contribution in [-0.4, -0.2) is 9.97 Å². The number of nitrogens with zero attached hydrogens (tertiary/aromatic N) is 2. The van der Waals surface area contributed by atoms with Gasteiger partial charge < -0.3 is 4.74 Å². The summed E-state index contributed by atoms with van der Waals surface area (Å²) in [4.78, 5) is 10.7. The smallest absolute Gasteiger partial charge is 0.160 e. The van der Waals surface area contributed by atoms with E-state index in [4.69, 9.17) is 14.7 Å². The fourth-order valence-corrected chi connectivity index (χ4v) is 7.41. The Bertz CT molecular complexity index is 2410. The van der Waals surface area contributed by atoms with Crippen molar-refractivity contribution < 1.29 is 4.74 Å². The lowest BCUT2D eigenvalue weighted by molar-refractivity contribution is 0.434. The molecule has 1 aromatic heterocycles. The summed E-state index contributed by atoms with van der Waals surface area (Å²) in [6.07, 6.45) is 0. The van der Waals surface area contributed by atoms with Crippen molar-refractivity contribution in [2.24, 2.45) is 0 Å². The van der Waals surface area contributed by atoms with E-state index in [1.807, 2.05) is 24.3 Å². The minimum Gasteiger partial charge on any atom is -0.457 e. The molecule has 0 saturated carbocycles. The maximum atomic E-state index is 6.59. The van der Waals surface area contributed by atoms with E-state index < -0.39 is 5.41 Å². The fraction of sp³-hybridized carbons (Fsp3) is 0.0213. The van der Waals surface area contributed by atoms with Crippen molar-refractivity contribution >= 4 is 0 Å². The second-order valence-electron chi connectivity index (χ2n) is 12.5. The van der Waals surface area contributed by atoms with Crippen LogP contribution in [0.3, 0.4) is 0 Å². The minimum atomic E-state index is -0.706. The van der Waals surface area contributed by atoms with Gasteiger partial charge in [0.05, 0.1) is 16.8 Å². The number of fused-ring (bicyclic) bond motifs is 2.